The van der Waals surface area contributed by atoms with Gasteiger partial charge >= 0.3 is 5.91 Å². The number of aryl methyl sites for hydroxylation is 1. The van der Waals surface area contributed by atoms with E-state index in [9.17, 15) is 9.59 Å². The zero-order valence-electron chi connectivity index (χ0n) is 18.8. The molecule has 2 amide bonds. The fraction of sp³-hybridized carbons (Fsp3) is 0.409. The van der Waals surface area contributed by atoms with Gasteiger partial charge in [0.1, 0.15) is 0 Å². The van der Waals surface area contributed by atoms with Crippen LogP contribution in [0.15, 0.2) is 35.3 Å². The number of benzene rings is 1. The van der Waals surface area contributed by atoms with Gasteiger partial charge in [0.15, 0.2) is 28.4 Å². The van der Waals surface area contributed by atoms with Crippen LogP contribution in [0.2, 0.25) is 5.15 Å². The van der Waals surface area contributed by atoms with Gasteiger partial charge in [0.25, 0.3) is 0 Å². The topological polar surface area (TPSA) is 192 Å². The highest BCUT2D eigenvalue weighted by Gasteiger charge is 2.35. The number of carbonyl (C=O) groups is 2. The number of rotatable bonds is 7. The van der Waals surface area contributed by atoms with Crippen LogP contribution in [0.1, 0.15) is 35.3 Å². The Morgan fingerprint density at radius 3 is 2.44 bits per heavy atom. The minimum absolute atomic E-state index is 0.00183. The predicted molar refractivity (Wildman–Crippen MR) is 132 cm³/mol. The Balaban J connectivity index is 1.70. The van der Waals surface area contributed by atoms with Gasteiger partial charge in [-0.1, -0.05) is 41.9 Å². The number of guanidine groups is 1. The van der Waals surface area contributed by atoms with Crippen molar-refractivity contribution in [2.75, 3.05) is 37.6 Å². The lowest BCUT2D eigenvalue weighted by Gasteiger charge is -2.42. The first-order valence-electron chi connectivity index (χ1n) is 11.0. The van der Waals surface area contributed by atoms with Crippen LogP contribution in [0.25, 0.3) is 0 Å². The number of aromatic nitrogens is 2. The van der Waals surface area contributed by atoms with Crippen LogP contribution < -0.4 is 28.3 Å². The fourth-order valence-corrected chi connectivity index (χ4v) is 4.13. The van der Waals surface area contributed by atoms with Gasteiger partial charge in [-0.2, -0.15) is 4.99 Å². The van der Waals surface area contributed by atoms with Gasteiger partial charge < -0.3 is 33.2 Å². The lowest BCUT2D eigenvalue weighted by molar-refractivity contribution is -0.132. The largest absolute Gasteiger partial charge is 0.382 e. The Bertz CT molecular complexity index is 1050. The predicted octanol–water partition coefficient (Wildman–Crippen LogP) is 0.539. The van der Waals surface area contributed by atoms with E-state index in [1.165, 1.54) is 5.56 Å². The molecule has 2 heterocycles. The van der Waals surface area contributed by atoms with Crippen LogP contribution in [-0.2, 0) is 11.2 Å². The highest BCUT2D eigenvalue weighted by atomic mass is 35.5. The number of anilines is 2. The number of amides is 2. The summed E-state index contributed by atoms with van der Waals surface area (Å²) in [6.07, 6.45) is 3.29. The van der Waals surface area contributed by atoms with Gasteiger partial charge in [0.2, 0.25) is 5.91 Å². The zero-order valence-corrected chi connectivity index (χ0v) is 19.6. The van der Waals surface area contributed by atoms with E-state index in [-0.39, 0.29) is 46.3 Å². The Kier molecular flexibility index (Phi) is 8.24. The van der Waals surface area contributed by atoms with Crippen LogP contribution in [0, 0.1) is 5.41 Å². The molecule has 0 unspecified atom stereocenters. The molecule has 182 valence electrons. The van der Waals surface area contributed by atoms with E-state index in [4.69, 9.17) is 34.5 Å². The van der Waals surface area contributed by atoms with E-state index in [1.54, 1.807) is 4.90 Å². The van der Waals surface area contributed by atoms with Crippen LogP contribution in [-0.4, -0.2) is 58.8 Å². The first kappa shape index (κ1) is 25.2. The van der Waals surface area contributed by atoms with E-state index in [1.807, 2.05) is 18.2 Å². The minimum Gasteiger partial charge on any atom is -0.382 e. The number of piperidine rings is 1. The van der Waals surface area contributed by atoms with Gasteiger partial charge in [0.05, 0.1) is 6.54 Å². The summed E-state index contributed by atoms with van der Waals surface area (Å²) < 4.78 is 0. The fourth-order valence-electron chi connectivity index (χ4n) is 4.01. The third kappa shape index (κ3) is 6.33. The molecule has 3 rings (SSSR count). The molecule has 34 heavy (non-hydrogen) atoms. The minimum atomic E-state index is -0.779. The van der Waals surface area contributed by atoms with Crippen LogP contribution in [0.3, 0.4) is 0 Å². The highest BCUT2D eigenvalue weighted by molar-refractivity contribution is 6.31. The molecular weight excluding hydrogens is 458 g/mol. The number of hydrogen-bond donors (Lipinski definition) is 5. The molecule has 1 aromatic heterocycles. The van der Waals surface area contributed by atoms with Crippen LogP contribution in [0.5, 0.6) is 0 Å². The monoisotopic (exact) mass is 487 g/mol. The maximum atomic E-state index is 12.5. The Labute approximate surface area is 202 Å². The molecule has 1 aliphatic heterocycles. The second kappa shape index (κ2) is 11.1. The molecule has 0 spiro atoms. The number of carbonyl (C=O) groups excluding carboxylic acids is 2. The first-order chi connectivity index (χ1) is 16.2. The second-order valence-electron chi connectivity index (χ2n) is 8.36. The summed E-state index contributed by atoms with van der Waals surface area (Å²) in [5.41, 5.74) is 23.6. The lowest BCUT2D eigenvalue weighted by Crippen LogP contribution is -2.50. The molecule has 0 saturated carbocycles. The van der Waals surface area contributed by atoms with E-state index in [2.05, 4.69) is 32.4 Å². The highest BCUT2D eigenvalue weighted by Crippen LogP contribution is 2.36. The summed E-state index contributed by atoms with van der Waals surface area (Å²) in [6, 6.07) is 10.2. The standard InChI is InChI=1S/C22H30ClN9O2/c23-17-19(26)30-18(25)16(29-17)20(34)31-21(27)28-13-22(7-6-14-4-2-1-3-5-14)8-10-32(11-9-22)15(33)12-24/h1-5H,6-13,24H2,(H4,25,26,30)(H3,27,28,31,34). The average molecular weight is 488 g/mol. The molecule has 11 nitrogen and oxygen atoms in total. The number of nitrogen functional groups attached to an aromatic ring is 2. The van der Waals surface area contributed by atoms with Gasteiger partial charge in [-0.25, -0.2) is 9.97 Å². The Hall–Kier alpha value is -3.44. The molecular formula is C22H30ClN9O2. The van der Waals surface area contributed by atoms with Crippen LogP contribution in [0.4, 0.5) is 11.6 Å². The molecule has 1 saturated heterocycles. The summed E-state index contributed by atoms with van der Waals surface area (Å²) in [7, 11) is 0. The van der Waals surface area contributed by atoms with E-state index in [0.29, 0.717) is 19.6 Å². The lowest BCUT2D eigenvalue weighted by atomic mass is 9.74. The van der Waals surface area contributed by atoms with Crippen molar-refractivity contribution in [3.63, 3.8) is 0 Å². The molecule has 9 N–H and O–H groups in total. The maximum absolute atomic E-state index is 12.5. The molecule has 1 aromatic carbocycles. The number of hydrogen-bond acceptors (Lipinski definition) is 7. The van der Waals surface area contributed by atoms with Crippen molar-refractivity contribution < 1.29 is 9.59 Å². The molecule has 1 fully saturated rings. The average Bonchev–Trinajstić information content (AvgIpc) is 2.84. The first-order valence-corrected chi connectivity index (χ1v) is 11.3. The molecule has 2 aromatic rings. The molecule has 0 aliphatic carbocycles. The number of nitrogens with one attached hydrogen (secondary N) is 1. The van der Waals surface area contributed by atoms with Crippen molar-refractivity contribution in [1.82, 2.24) is 20.2 Å². The number of nitrogens with two attached hydrogens (primary N) is 4. The smallest absolute Gasteiger partial charge is 0.302 e. The molecule has 0 radical (unpaired) electrons. The number of likely N-dealkylation sites (tertiary alicyclic amines) is 1. The Morgan fingerprint density at radius 1 is 1.12 bits per heavy atom. The summed E-state index contributed by atoms with van der Waals surface area (Å²) >= 11 is 5.84. The number of aliphatic imine (C=N–C) groups is 1. The van der Waals surface area contributed by atoms with E-state index in [0.717, 1.165) is 25.7 Å². The van der Waals surface area contributed by atoms with E-state index < -0.39 is 5.91 Å². The SMILES string of the molecule is NCC(=O)N1CCC(CCc2ccccc2)(CN/C(N)=N/C(=O)c2nc(Cl)c(N)nc2N)CC1. The van der Waals surface area contributed by atoms with Gasteiger partial charge in [-0.15, -0.1) is 0 Å². The van der Waals surface area contributed by atoms with Crippen molar-refractivity contribution in [3.05, 3.63) is 46.7 Å². The molecule has 1 aliphatic rings. The number of halogens is 1. The quantitative estimate of drug-likeness (QED) is 0.273. The van der Waals surface area contributed by atoms with Gasteiger partial charge in [0, 0.05) is 19.6 Å². The Morgan fingerprint density at radius 2 is 1.79 bits per heavy atom. The molecule has 0 bridgehead atoms. The maximum Gasteiger partial charge on any atom is 0.302 e. The molecule has 0 atom stereocenters. The third-order valence-corrected chi connectivity index (χ3v) is 6.39. The van der Waals surface area contributed by atoms with Crippen molar-refractivity contribution >= 4 is 41.0 Å². The second-order valence-corrected chi connectivity index (χ2v) is 8.72. The molecule has 12 heteroatoms. The van der Waals surface area contributed by atoms with Crippen molar-refractivity contribution in [3.8, 4) is 0 Å². The third-order valence-electron chi connectivity index (χ3n) is 6.11. The van der Waals surface area contributed by atoms with E-state index >= 15 is 0 Å². The van der Waals surface area contributed by atoms with Gasteiger partial charge in [-0.05, 0) is 36.7 Å². The number of nitrogens with zero attached hydrogens (tertiary/aromatic N) is 4. The summed E-state index contributed by atoms with van der Waals surface area (Å²) in [5, 5.41) is 2.92. The van der Waals surface area contributed by atoms with Crippen molar-refractivity contribution in [2.45, 2.75) is 25.7 Å². The zero-order chi connectivity index (χ0) is 24.7. The summed E-state index contributed by atoms with van der Waals surface area (Å²) in [6.45, 7) is 1.70. The van der Waals surface area contributed by atoms with Crippen molar-refractivity contribution in [1.29, 1.82) is 0 Å². The van der Waals surface area contributed by atoms with Gasteiger partial charge in [-0.3, -0.25) is 9.59 Å². The summed E-state index contributed by atoms with van der Waals surface area (Å²) in [5.74, 6) is -1.17. The summed E-state index contributed by atoms with van der Waals surface area (Å²) in [4.78, 5) is 37.8. The van der Waals surface area contributed by atoms with Crippen molar-refractivity contribution in [2.24, 2.45) is 21.9 Å². The van der Waals surface area contributed by atoms with Crippen LogP contribution >= 0.6 is 11.6 Å². The normalized spacial score (nSPS) is 15.7.